The molecule has 172 valence electrons. The Balaban J connectivity index is 1.74. The van der Waals surface area contributed by atoms with Crippen molar-refractivity contribution >= 4 is 16.9 Å². The van der Waals surface area contributed by atoms with Crippen molar-refractivity contribution < 1.29 is 13.2 Å². The molecular weight excluding hydrogens is 439 g/mol. The van der Waals surface area contributed by atoms with Gasteiger partial charge in [-0.1, -0.05) is 6.92 Å². The second-order valence-electron chi connectivity index (χ2n) is 9.34. The Morgan fingerprint density at radius 2 is 2.00 bits per heavy atom. The monoisotopic (exact) mass is 465 g/mol. The molecule has 0 aromatic carbocycles. The van der Waals surface area contributed by atoms with Crippen LogP contribution in [0.2, 0.25) is 0 Å². The van der Waals surface area contributed by atoms with Crippen LogP contribution in [0.3, 0.4) is 0 Å². The van der Waals surface area contributed by atoms with Crippen LogP contribution in [0.1, 0.15) is 65.1 Å². The van der Waals surface area contributed by atoms with Crippen molar-refractivity contribution in [1.82, 2.24) is 9.97 Å². The van der Waals surface area contributed by atoms with E-state index in [9.17, 15) is 18.4 Å². The fraction of sp³-hybridized carbons (Fsp3) is 0.565. The van der Waals surface area contributed by atoms with Crippen molar-refractivity contribution in [3.63, 3.8) is 0 Å². The maximum Gasteiger partial charge on any atom is 0.325 e. The molecule has 0 spiro atoms. The standard InChI is InChI=1S/C23H26F3N3O2S/c1-10-18-16(21(30)29-22(31)28-18)17(20(25)26)19(24)23(10,13-3-4-13)15-9-12-8-11(6-7-27)2-5-14(12)32-15/h9-11,13,20H,2-8,27H2,1H3,(H2,28,29,30,31). The summed E-state index contributed by atoms with van der Waals surface area (Å²) < 4.78 is 44.7. The molecule has 1 saturated carbocycles. The number of aromatic nitrogens is 2. The van der Waals surface area contributed by atoms with Gasteiger partial charge in [0.15, 0.2) is 0 Å². The minimum absolute atomic E-state index is 0.106. The molecule has 0 bridgehead atoms. The summed E-state index contributed by atoms with van der Waals surface area (Å²) >= 11 is 1.51. The molecule has 3 aliphatic rings. The van der Waals surface area contributed by atoms with E-state index < -0.39 is 46.0 Å². The normalized spacial score (nSPS) is 27.6. The Bertz CT molecular complexity index is 1210. The first-order chi connectivity index (χ1) is 15.3. The maximum atomic E-state index is 16.3. The molecule has 3 atom stereocenters. The van der Waals surface area contributed by atoms with Crippen molar-refractivity contribution in [3.8, 4) is 0 Å². The second kappa shape index (κ2) is 7.73. The number of hydrogen-bond acceptors (Lipinski definition) is 4. The number of fused-ring (bicyclic) bond motifs is 2. The smallest absolute Gasteiger partial charge is 0.325 e. The second-order valence-corrected chi connectivity index (χ2v) is 10.5. The number of aromatic amines is 2. The van der Waals surface area contributed by atoms with Crippen LogP contribution in [-0.4, -0.2) is 22.9 Å². The SMILES string of the molecule is CC1c2[nH]c(=O)[nH]c(=O)c2C(C(F)F)=C(F)C1(c1cc2c(s1)CCC(CCN)C2)C1CC1. The van der Waals surface area contributed by atoms with Crippen LogP contribution in [0.4, 0.5) is 13.2 Å². The van der Waals surface area contributed by atoms with E-state index in [0.717, 1.165) is 49.0 Å². The van der Waals surface area contributed by atoms with Gasteiger partial charge in [-0.3, -0.25) is 9.78 Å². The molecule has 9 heteroatoms. The zero-order chi connectivity index (χ0) is 22.8. The van der Waals surface area contributed by atoms with E-state index in [2.05, 4.69) is 4.98 Å². The molecule has 32 heavy (non-hydrogen) atoms. The third-order valence-electron chi connectivity index (χ3n) is 7.56. The fourth-order valence-electron chi connectivity index (χ4n) is 5.93. The van der Waals surface area contributed by atoms with Crippen LogP contribution in [0, 0.1) is 11.8 Å². The summed E-state index contributed by atoms with van der Waals surface area (Å²) in [6, 6.07) is 2.00. The number of allylic oxidation sites excluding steroid dienone is 2. The van der Waals surface area contributed by atoms with Crippen LogP contribution in [-0.2, 0) is 18.3 Å². The van der Waals surface area contributed by atoms with E-state index in [-0.39, 0.29) is 11.6 Å². The van der Waals surface area contributed by atoms with Gasteiger partial charge in [-0.15, -0.1) is 11.3 Å². The summed E-state index contributed by atoms with van der Waals surface area (Å²) in [6.45, 7) is 2.36. The quantitative estimate of drug-likeness (QED) is 0.624. The number of alkyl halides is 2. The summed E-state index contributed by atoms with van der Waals surface area (Å²) in [7, 11) is 0. The number of rotatable bonds is 5. The lowest BCUT2D eigenvalue weighted by Crippen LogP contribution is -2.43. The summed E-state index contributed by atoms with van der Waals surface area (Å²) in [4.78, 5) is 31.0. The molecule has 5 nitrogen and oxygen atoms in total. The summed E-state index contributed by atoms with van der Waals surface area (Å²) in [5.41, 5.74) is 2.66. The van der Waals surface area contributed by atoms with Crippen LogP contribution >= 0.6 is 11.3 Å². The van der Waals surface area contributed by atoms with Crippen LogP contribution < -0.4 is 17.0 Å². The van der Waals surface area contributed by atoms with Gasteiger partial charge >= 0.3 is 5.69 Å². The minimum atomic E-state index is -3.17. The Labute approximate surface area is 186 Å². The molecule has 0 aliphatic heterocycles. The number of aryl methyl sites for hydroxylation is 1. The molecule has 5 rings (SSSR count). The highest BCUT2D eigenvalue weighted by Gasteiger charge is 2.59. The molecule has 2 heterocycles. The molecule has 4 N–H and O–H groups in total. The zero-order valence-corrected chi connectivity index (χ0v) is 18.6. The van der Waals surface area contributed by atoms with Gasteiger partial charge in [-0.2, -0.15) is 0 Å². The van der Waals surface area contributed by atoms with Gasteiger partial charge in [0.2, 0.25) is 0 Å². The molecule has 2 aromatic heterocycles. The number of H-pyrrole nitrogens is 2. The summed E-state index contributed by atoms with van der Waals surface area (Å²) in [6.07, 6.45) is 1.94. The van der Waals surface area contributed by atoms with Gasteiger partial charge in [0.1, 0.15) is 5.83 Å². The predicted octanol–water partition coefficient (Wildman–Crippen LogP) is 3.99. The van der Waals surface area contributed by atoms with Gasteiger partial charge in [-0.05, 0) is 68.5 Å². The number of nitrogens with two attached hydrogens (primary N) is 1. The van der Waals surface area contributed by atoms with Crippen molar-refractivity contribution in [2.24, 2.45) is 17.6 Å². The first-order valence-corrected chi connectivity index (χ1v) is 12.0. The molecule has 0 radical (unpaired) electrons. The van der Waals surface area contributed by atoms with Gasteiger partial charge in [0, 0.05) is 21.4 Å². The van der Waals surface area contributed by atoms with E-state index >= 15 is 4.39 Å². The van der Waals surface area contributed by atoms with Gasteiger partial charge < -0.3 is 10.7 Å². The molecule has 3 aliphatic carbocycles. The number of thiophene rings is 1. The highest BCUT2D eigenvalue weighted by atomic mass is 32.1. The number of nitrogens with one attached hydrogen (secondary N) is 2. The summed E-state index contributed by atoms with van der Waals surface area (Å²) in [5.74, 6) is -1.24. The highest BCUT2D eigenvalue weighted by Crippen LogP contribution is 2.64. The van der Waals surface area contributed by atoms with Crippen molar-refractivity contribution in [1.29, 1.82) is 0 Å². The van der Waals surface area contributed by atoms with E-state index in [1.54, 1.807) is 6.92 Å². The first kappa shape index (κ1) is 21.7. The lowest BCUT2D eigenvalue weighted by Gasteiger charge is -2.42. The van der Waals surface area contributed by atoms with E-state index in [1.807, 2.05) is 11.1 Å². The van der Waals surface area contributed by atoms with Gasteiger partial charge in [-0.25, -0.2) is 18.0 Å². The summed E-state index contributed by atoms with van der Waals surface area (Å²) in [5, 5.41) is 0. The van der Waals surface area contributed by atoms with Crippen LogP contribution in [0.15, 0.2) is 21.5 Å². The number of hydrogen-bond donors (Lipinski definition) is 3. The lowest BCUT2D eigenvalue weighted by molar-refractivity contribution is 0.202. The van der Waals surface area contributed by atoms with E-state index in [4.69, 9.17) is 5.73 Å². The molecule has 3 unspecified atom stereocenters. The van der Waals surface area contributed by atoms with Crippen molar-refractivity contribution in [3.05, 3.63) is 59.3 Å². The predicted molar refractivity (Wildman–Crippen MR) is 118 cm³/mol. The molecular formula is C23H26F3N3O2S. The van der Waals surface area contributed by atoms with Crippen LogP contribution in [0.25, 0.3) is 5.57 Å². The Kier molecular flexibility index (Phi) is 5.24. The van der Waals surface area contributed by atoms with Crippen molar-refractivity contribution in [2.45, 2.75) is 63.2 Å². The zero-order valence-electron chi connectivity index (χ0n) is 17.8. The third kappa shape index (κ3) is 3.08. The average molecular weight is 466 g/mol. The molecule has 1 fully saturated rings. The maximum absolute atomic E-state index is 16.3. The van der Waals surface area contributed by atoms with Crippen molar-refractivity contribution in [2.75, 3.05) is 6.54 Å². The average Bonchev–Trinajstić information content (AvgIpc) is 3.48. The minimum Gasteiger partial charge on any atom is -0.330 e. The molecule has 0 saturated heterocycles. The van der Waals surface area contributed by atoms with Crippen LogP contribution in [0.5, 0.6) is 0 Å². The van der Waals surface area contributed by atoms with E-state index in [0.29, 0.717) is 12.5 Å². The van der Waals surface area contributed by atoms with E-state index in [1.165, 1.54) is 16.2 Å². The molecule has 2 aromatic rings. The Morgan fingerprint density at radius 1 is 1.25 bits per heavy atom. The largest absolute Gasteiger partial charge is 0.330 e. The third-order valence-corrected chi connectivity index (χ3v) is 8.95. The highest BCUT2D eigenvalue weighted by molar-refractivity contribution is 7.12. The Morgan fingerprint density at radius 3 is 2.66 bits per heavy atom. The lowest BCUT2D eigenvalue weighted by atomic mass is 9.63. The first-order valence-electron chi connectivity index (χ1n) is 11.2. The number of halogens is 3. The Hall–Kier alpha value is -2.13. The molecule has 0 amide bonds. The fourth-order valence-corrected chi connectivity index (χ4v) is 7.49. The van der Waals surface area contributed by atoms with Gasteiger partial charge in [0.05, 0.1) is 16.6 Å². The van der Waals surface area contributed by atoms with Gasteiger partial charge in [0.25, 0.3) is 12.0 Å². The topological polar surface area (TPSA) is 91.7 Å².